The first-order chi connectivity index (χ1) is 9.43. The van der Waals surface area contributed by atoms with Crippen molar-refractivity contribution in [3.63, 3.8) is 0 Å². The van der Waals surface area contributed by atoms with Gasteiger partial charge in [-0.2, -0.15) is 0 Å². The standard InChI is InChI=1S/C15H24FNO3/c1-11-4-5-12(8-14(11)16)15(19)6-7-17(2)9-13(18)10-20-3/h4-5,8,13,15,18-19H,6-7,9-10H2,1-3H3. The zero-order valence-electron chi connectivity index (χ0n) is 12.3. The SMILES string of the molecule is COCC(O)CN(C)CCC(O)c1ccc(C)c(F)c1. The molecule has 0 aliphatic rings. The lowest BCUT2D eigenvalue weighted by atomic mass is 10.0. The Kier molecular flexibility index (Phi) is 7.09. The first-order valence-corrected chi connectivity index (χ1v) is 6.73. The fraction of sp³-hybridized carbons (Fsp3) is 0.600. The van der Waals surface area contributed by atoms with Gasteiger partial charge in [0.15, 0.2) is 0 Å². The Bertz CT molecular complexity index is 414. The van der Waals surface area contributed by atoms with Gasteiger partial charge in [-0.1, -0.05) is 12.1 Å². The summed E-state index contributed by atoms with van der Waals surface area (Å²) in [4.78, 5) is 1.91. The van der Waals surface area contributed by atoms with Crippen molar-refractivity contribution in [3.05, 3.63) is 35.1 Å². The van der Waals surface area contributed by atoms with Crippen molar-refractivity contribution in [1.29, 1.82) is 0 Å². The van der Waals surface area contributed by atoms with Crippen molar-refractivity contribution >= 4 is 0 Å². The number of halogens is 1. The monoisotopic (exact) mass is 285 g/mol. The van der Waals surface area contributed by atoms with Gasteiger partial charge in [-0.15, -0.1) is 0 Å². The Labute approximate surface area is 119 Å². The van der Waals surface area contributed by atoms with Crippen molar-refractivity contribution in [2.24, 2.45) is 0 Å². The highest BCUT2D eigenvalue weighted by Crippen LogP contribution is 2.19. The van der Waals surface area contributed by atoms with Crippen LogP contribution < -0.4 is 0 Å². The minimum atomic E-state index is -0.702. The molecule has 0 spiro atoms. The van der Waals surface area contributed by atoms with E-state index in [1.807, 2.05) is 11.9 Å². The molecular weight excluding hydrogens is 261 g/mol. The van der Waals surface area contributed by atoms with Crippen molar-refractivity contribution in [2.45, 2.75) is 25.6 Å². The summed E-state index contributed by atoms with van der Waals surface area (Å²) in [7, 11) is 3.40. The van der Waals surface area contributed by atoms with E-state index in [1.54, 1.807) is 26.2 Å². The summed E-state index contributed by atoms with van der Waals surface area (Å²) in [6.45, 7) is 3.06. The summed E-state index contributed by atoms with van der Waals surface area (Å²) in [5.41, 5.74) is 1.15. The second-order valence-corrected chi connectivity index (χ2v) is 5.18. The van der Waals surface area contributed by atoms with Gasteiger partial charge >= 0.3 is 0 Å². The molecule has 1 aromatic rings. The lowest BCUT2D eigenvalue weighted by molar-refractivity contribution is 0.0398. The Morgan fingerprint density at radius 2 is 2.05 bits per heavy atom. The van der Waals surface area contributed by atoms with Crippen molar-refractivity contribution in [2.75, 3.05) is 33.9 Å². The van der Waals surface area contributed by atoms with Gasteiger partial charge in [-0.3, -0.25) is 0 Å². The van der Waals surface area contributed by atoms with Gasteiger partial charge in [0.1, 0.15) is 5.82 Å². The second kappa shape index (κ2) is 8.32. The number of hydrogen-bond donors (Lipinski definition) is 2. The maximum Gasteiger partial charge on any atom is 0.126 e. The van der Waals surface area contributed by atoms with E-state index in [2.05, 4.69) is 0 Å². The van der Waals surface area contributed by atoms with E-state index >= 15 is 0 Å². The van der Waals surface area contributed by atoms with Crippen LogP contribution >= 0.6 is 0 Å². The second-order valence-electron chi connectivity index (χ2n) is 5.18. The topological polar surface area (TPSA) is 52.9 Å². The largest absolute Gasteiger partial charge is 0.389 e. The third kappa shape index (κ3) is 5.54. The summed E-state index contributed by atoms with van der Waals surface area (Å²) in [5, 5.41) is 19.6. The van der Waals surface area contributed by atoms with Crippen LogP contribution in [0.2, 0.25) is 0 Å². The smallest absolute Gasteiger partial charge is 0.126 e. The average molecular weight is 285 g/mol. The van der Waals surface area contributed by atoms with Crippen LogP contribution in [0.3, 0.4) is 0 Å². The number of aliphatic hydroxyl groups is 2. The van der Waals surface area contributed by atoms with Crippen LogP contribution in [0.25, 0.3) is 0 Å². The van der Waals surface area contributed by atoms with Gasteiger partial charge in [0.05, 0.1) is 18.8 Å². The predicted octanol–water partition coefficient (Wildman–Crippen LogP) is 1.50. The van der Waals surface area contributed by atoms with Crippen molar-refractivity contribution < 1.29 is 19.3 Å². The molecule has 0 radical (unpaired) electrons. The molecule has 0 saturated heterocycles. The van der Waals surface area contributed by atoms with Crippen LogP contribution in [-0.2, 0) is 4.74 Å². The van der Waals surface area contributed by atoms with Crippen molar-refractivity contribution in [3.8, 4) is 0 Å². The molecule has 2 atom stereocenters. The Morgan fingerprint density at radius 3 is 2.65 bits per heavy atom. The normalized spacial score (nSPS) is 14.6. The van der Waals surface area contributed by atoms with Crippen LogP contribution in [0.1, 0.15) is 23.7 Å². The molecule has 0 saturated carbocycles. The number of ether oxygens (including phenoxy) is 1. The molecule has 0 amide bonds. The molecule has 0 aliphatic carbocycles. The number of aryl methyl sites for hydroxylation is 1. The van der Waals surface area contributed by atoms with E-state index in [9.17, 15) is 14.6 Å². The highest BCUT2D eigenvalue weighted by molar-refractivity contribution is 5.24. The van der Waals surface area contributed by atoms with Crippen molar-refractivity contribution in [1.82, 2.24) is 4.90 Å². The molecule has 0 fully saturated rings. The molecule has 0 aromatic heterocycles. The van der Waals surface area contributed by atoms with Gasteiger partial charge in [0, 0.05) is 20.2 Å². The fourth-order valence-corrected chi connectivity index (χ4v) is 2.02. The van der Waals surface area contributed by atoms with Gasteiger partial charge in [-0.05, 0) is 37.6 Å². The lowest BCUT2D eigenvalue weighted by Gasteiger charge is -2.21. The number of benzene rings is 1. The summed E-state index contributed by atoms with van der Waals surface area (Å²) in [5.74, 6) is -0.301. The molecule has 2 unspecified atom stereocenters. The molecule has 5 heteroatoms. The molecule has 2 N–H and O–H groups in total. The van der Waals surface area contributed by atoms with E-state index in [1.165, 1.54) is 6.07 Å². The number of hydrogen-bond acceptors (Lipinski definition) is 4. The summed E-state index contributed by atoms with van der Waals surface area (Å²) >= 11 is 0. The summed E-state index contributed by atoms with van der Waals surface area (Å²) in [6, 6.07) is 4.78. The van der Waals surface area contributed by atoms with Crippen LogP contribution in [0.5, 0.6) is 0 Å². The first-order valence-electron chi connectivity index (χ1n) is 6.73. The summed E-state index contributed by atoms with van der Waals surface area (Å²) in [6.07, 6.45) is -0.760. The molecule has 0 aliphatic heterocycles. The van der Waals surface area contributed by atoms with Crippen LogP contribution in [0.4, 0.5) is 4.39 Å². The zero-order valence-corrected chi connectivity index (χ0v) is 12.3. The Hall–Kier alpha value is -1.01. The zero-order chi connectivity index (χ0) is 15.1. The molecule has 0 heterocycles. The third-order valence-electron chi connectivity index (χ3n) is 3.25. The fourth-order valence-electron chi connectivity index (χ4n) is 2.02. The number of aliphatic hydroxyl groups excluding tert-OH is 2. The molecule has 20 heavy (non-hydrogen) atoms. The molecule has 0 bridgehead atoms. The van der Waals surface area contributed by atoms with E-state index in [4.69, 9.17) is 4.74 Å². The van der Waals surface area contributed by atoms with Gasteiger partial charge in [0.25, 0.3) is 0 Å². The minimum Gasteiger partial charge on any atom is -0.389 e. The molecule has 114 valence electrons. The number of methoxy groups -OCH3 is 1. The molecule has 1 rings (SSSR count). The molecule has 4 nitrogen and oxygen atoms in total. The van der Waals surface area contributed by atoms with Gasteiger partial charge < -0.3 is 19.8 Å². The quantitative estimate of drug-likeness (QED) is 0.760. The molecule has 1 aromatic carbocycles. The molecular formula is C15H24FNO3. The minimum absolute atomic E-state index is 0.288. The van der Waals surface area contributed by atoms with Crippen LogP contribution in [0, 0.1) is 12.7 Å². The maximum atomic E-state index is 13.4. The highest BCUT2D eigenvalue weighted by atomic mass is 19.1. The predicted molar refractivity (Wildman–Crippen MR) is 76.1 cm³/mol. The van der Waals surface area contributed by atoms with E-state index in [0.717, 1.165) is 0 Å². The van der Waals surface area contributed by atoms with Gasteiger partial charge in [0.2, 0.25) is 0 Å². The van der Waals surface area contributed by atoms with Gasteiger partial charge in [-0.25, -0.2) is 4.39 Å². The Balaban J connectivity index is 2.42. The third-order valence-corrected chi connectivity index (χ3v) is 3.25. The number of rotatable bonds is 8. The van der Waals surface area contributed by atoms with Crippen LogP contribution in [-0.4, -0.2) is 55.1 Å². The maximum absolute atomic E-state index is 13.4. The number of likely N-dealkylation sites (N-methyl/N-ethyl adjacent to an activating group) is 1. The van der Waals surface area contributed by atoms with E-state index in [0.29, 0.717) is 30.6 Å². The first kappa shape index (κ1) is 17.0. The highest BCUT2D eigenvalue weighted by Gasteiger charge is 2.12. The average Bonchev–Trinajstić information content (AvgIpc) is 2.39. The van der Waals surface area contributed by atoms with E-state index < -0.39 is 12.2 Å². The van der Waals surface area contributed by atoms with E-state index in [-0.39, 0.29) is 12.4 Å². The summed E-state index contributed by atoms with van der Waals surface area (Å²) < 4.78 is 18.3. The van der Waals surface area contributed by atoms with Crippen LogP contribution in [0.15, 0.2) is 18.2 Å². The number of nitrogens with zero attached hydrogens (tertiary/aromatic N) is 1. The Morgan fingerprint density at radius 1 is 1.35 bits per heavy atom. The lowest BCUT2D eigenvalue weighted by Crippen LogP contribution is -2.33.